The summed E-state index contributed by atoms with van der Waals surface area (Å²) in [5.74, 6) is -0.223. The first kappa shape index (κ1) is 19.1. The van der Waals surface area contributed by atoms with E-state index in [-0.39, 0.29) is 19.0 Å². The maximum Gasteiger partial charge on any atom is 0.238 e. The number of amides is 1. The molecule has 1 aliphatic heterocycles. The predicted octanol–water partition coefficient (Wildman–Crippen LogP) is 2.92. The van der Waals surface area contributed by atoms with Gasteiger partial charge in [-0.15, -0.1) is 11.3 Å². The molecule has 0 saturated carbocycles. The number of aromatic nitrogens is 2. The molecule has 0 unspecified atom stereocenters. The van der Waals surface area contributed by atoms with Gasteiger partial charge >= 0.3 is 0 Å². The molecule has 7 nitrogen and oxygen atoms in total. The van der Waals surface area contributed by atoms with Gasteiger partial charge in [-0.3, -0.25) is 9.78 Å². The Kier molecular flexibility index (Phi) is 5.24. The fraction of sp³-hybridized carbons (Fsp3) is 0.222. The standard InChI is InChI=1S/C18H17ClN4O3S2/c19-17-2-1-15(27-17)4-8-28(25,26)23-7-6-22(18(24)12-23)11-14-9-13-3-5-20-10-16(13)21-14/h1-5,8-10,21H,6-7,11-12H2/b8-4-. The van der Waals surface area contributed by atoms with Gasteiger partial charge in [0.25, 0.3) is 0 Å². The highest BCUT2D eigenvalue weighted by Crippen LogP contribution is 2.23. The van der Waals surface area contributed by atoms with Crippen molar-refractivity contribution in [3.05, 3.63) is 57.0 Å². The molecule has 1 N–H and O–H groups in total. The van der Waals surface area contributed by atoms with Gasteiger partial charge in [0, 0.05) is 40.7 Å². The number of aromatic amines is 1. The van der Waals surface area contributed by atoms with E-state index in [9.17, 15) is 13.2 Å². The topological polar surface area (TPSA) is 86.4 Å². The van der Waals surface area contributed by atoms with E-state index in [4.69, 9.17) is 11.6 Å². The Hall–Kier alpha value is -2.20. The molecule has 10 heteroatoms. The number of thiophene rings is 1. The Morgan fingerprint density at radius 1 is 1.29 bits per heavy atom. The van der Waals surface area contributed by atoms with Crippen LogP contribution in [-0.2, 0) is 21.4 Å². The average Bonchev–Trinajstić information content (AvgIpc) is 3.27. The lowest BCUT2D eigenvalue weighted by atomic mass is 10.3. The quantitative estimate of drug-likeness (QED) is 0.666. The molecule has 3 aromatic heterocycles. The number of piperazine rings is 1. The number of hydrogen-bond acceptors (Lipinski definition) is 5. The van der Waals surface area contributed by atoms with Crippen LogP contribution in [0.1, 0.15) is 10.6 Å². The summed E-state index contributed by atoms with van der Waals surface area (Å²) >= 11 is 7.15. The fourth-order valence-corrected chi connectivity index (χ4v) is 5.22. The molecule has 1 amide bonds. The molecule has 1 aliphatic rings. The average molecular weight is 437 g/mol. The normalized spacial score (nSPS) is 16.5. The van der Waals surface area contributed by atoms with Crippen LogP contribution in [0.3, 0.4) is 0 Å². The second-order valence-corrected chi connectivity index (χ2v) is 9.96. The highest BCUT2D eigenvalue weighted by atomic mass is 35.5. The second-order valence-electron chi connectivity index (χ2n) is 6.40. The Balaban J connectivity index is 1.41. The van der Waals surface area contributed by atoms with Gasteiger partial charge in [-0.2, -0.15) is 4.31 Å². The van der Waals surface area contributed by atoms with Crippen molar-refractivity contribution in [2.24, 2.45) is 0 Å². The van der Waals surface area contributed by atoms with E-state index in [1.807, 2.05) is 12.1 Å². The maximum absolute atomic E-state index is 12.5. The number of nitrogens with one attached hydrogen (secondary N) is 1. The van der Waals surface area contributed by atoms with Crippen molar-refractivity contribution in [3.63, 3.8) is 0 Å². The first-order valence-electron chi connectivity index (χ1n) is 8.54. The molecule has 0 atom stereocenters. The van der Waals surface area contributed by atoms with Gasteiger partial charge in [0.15, 0.2) is 0 Å². The zero-order valence-electron chi connectivity index (χ0n) is 14.7. The number of rotatable bonds is 5. The first-order chi connectivity index (χ1) is 13.4. The molecule has 1 saturated heterocycles. The molecule has 4 rings (SSSR count). The van der Waals surface area contributed by atoms with Crippen molar-refractivity contribution < 1.29 is 13.2 Å². The molecule has 146 valence electrons. The number of sulfonamides is 1. The lowest BCUT2D eigenvalue weighted by molar-refractivity contribution is -0.134. The van der Waals surface area contributed by atoms with Crippen LogP contribution < -0.4 is 0 Å². The molecular formula is C18H17ClN4O3S2. The summed E-state index contributed by atoms with van der Waals surface area (Å²) in [4.78, 5) is 22.2. The summed E-state index contributed by atoms with van der Waals surface area (Å²) in [6.07, 6.45) is 4.95. The van der Waals surface area contributed by atoms with Crippen LogP contribution in [0.25, 0.3) is 17.0 Å². The number of carbonyl (C=O) groups excluding carboxylic acids is 1. The lowest BCUT2D eigenvalue weighted by Crippen LogP contribution is -2.51. The van der Waals surface area contributed by atoms with Crippen molar-refractivity contribution in [1.82, 2.24) is 19.2 Å². The third kappa shape index (κ3) is 4.12. The number of fused-ring (bicyclic) bond motifs is 1. The third-order valence-electron chi connectivity index (χ3n) is 4.48. The Labute approximate surface area is 171 Å². The fourth-order valence-electron chi connectivity index (χ4n) is 3.05. The van der Waals surface area contributed by atoms with Crippen LogP contribution in [0.2, 0.25) is 4.34 Å². The summed E-state index contributed by atoms with van der Waals surface area (Å²) in [6.45, 7) is 0.834. The van der Waals surface area contributed by atoms with Crippen molar-refractivity contribution in [3.8, 4) is 0 Å². The SMILES string of the molecule is O=C1CN(S(=O)(=O)/C=C\c2ccc(Cl)s2)CCN1Cc1cc2ccncc2[nH]1. The molecule has 28 heavy (non-hydrogen) atoms. The summed E-state index contributed by atoms with van der Waals surface area (Å²) in [5.41, 5.74) is 1.80. The molecule has 4 heterocycles. The number of halogens is 1. The summed E-state index contributed by atoms with van der Waals surface area (Å²) < 4.78 is 26.8. The first-order valence-corrected chi connectivity index (χ1v) is 11.2. The summed E-state index contributed by atoms with van der Waals surface area (Å²) in [5, 5.41) is 2.15. The van der Waals surface area contributed by atoms with E-state index in [0.717, 1.165) is 26.9 Å². The van der Waals surface area contributed by atoms with Gasteiger partial charge in [-0.1, -0.05) is 11.6 Å². The predicted molar refractivity (Wildman–Crippen MR) is 110 cm³/mol. The third-order valence-corrected chi connectivity index (χ3v) is 7.19. The van der Waals surface area contributed by atoms with Gasteiger partial charge in [0.1, 0.15) is 0 Å². The van der Waals surface area contributed by atoms with Gasteiger partial charge < -0.3 is 9.88 Å². The van der Waals surface area contributed by atoms with Gasteiger partial charge in [-0.25, -0.2) is 8.42 Å². The van der Waals surface area contributed by atoms with Crippen LogP contribution in [0.4, 0.5) is 0 Å². The highest BCUT2D eigenvalue weighted by molar-refractivity contribution is 7.92. The summed E-state index contributed by atoms with van der Waals surface area (Å²) in [6, 6.07) is 7.33. The van der Waals surface area contributed by atoms with Gasteiger partial charge in [-0.05, 0) is 30.3 Å². The summed E-state index contributed by atoms with van der Waals surface area (Å²) in [7, 11) is -3.67. The molecule has 0 aromatic carbocycles. The molecule has 0 aliphatic carbocycles. The van der Waals surface area contributed by atoms with E-state index in [1.54, 1.807) is 29.4 Å². The van der Waals surface area contributed by atoms with E-state index in [2.05, 4.69) is 9.97 Å². The molecule has 1 fully saturated rings. The van der Waals surface area contributed by atoms with E-state index in [1.165, 1.54) is 21.7 Å². The van der Waals surface area contributed by atoms with Crippen molar-refractivity contribution in [2.45, 2.75) is 6.54 Å². The largest absolute Gasteiger partial charge is 0.356 e. The van der Waals surface area contributed by atoms with Crippen LogP contribution >= 0.6 is 22.9 Å². The smallest absolute Gasteiger partial charge is 0.238 e. The van der Waals surface area contributed by atoms with Gasteiger partial charge in [0.2, 0.25) is 15.9 Å². The number of carbonyl (C=O) groups is 1. The van der Waals surface area contributed by atoms with Crippen molar-refractivity contribution in [2.75, 3.05) is 19.6 Å². The number of H-pyrrole nitrogens is 1. The van der Waals surface area contributed by atoms with E-state index in [0.29, 0.717) is 17.4 Å². The second kappa shape index (κ2) is 7.67. The monoisotopic (exact) mass is 436 g/mol. The minimum absolute atomic E-state index is 0.167. The van der Waals surface area contributed by atoms with Gasteiger partial charge in [0.05, 0.1) is 29.1 Å². The molecule has 3 aromatic rings. The molecule has 0 spiro atoms. The van der Waals surface area contributed by atoms with Crippen molar-refractivity contribution >= 4 is 55.8 Å². The zero-order valence-corrected chi connectivity index (χ0v) is 17.1. The molecular weight excluding hydrogens is 420 g/mol. The van der Waals surface area contributed by atoms with E-state index >= 15 is 0 Å². The molecule has 0 bridgehead atoms. The number of hydrogen-bond donors (Lipinski definition) is 1. The number of pyridine rings is 1. The number of nitrogens with zero attached hydrogens (tertiary/aromatic N) is 3. The minimum atomic E-state index is -3.67. The Bertz CT molecular complexity index is 1120. The van der Waals surface area contributed by atoms with Crippen LogP contribution in [0.15, 0.2) is 42.1 Å². The Morgan fingerprint density at radius 2 is 2.14 bits per heavy atom. The van der Waals surface area contributed by atoms with Crippen LogP contribution in [0.5, 0.6) is 0 Å². The molecule has 0 radical (unpaired) electrons. The van der Waals surface area contributed by atoms with Crippen LogP contribution in [-0.4, -0.2) is 53.1 Å². The van der Waals surface area contributed by atoms with Crippen LogP contribution in [0, 0.1) is 0 Å². The minimum Gasteiger partial charge on any atom is -0.356 e. The highest BCUT2D eigenvalue weighted by Gasteiger charge is 2.30. The zero-order chi connectivity index (χ0) is 19.7. The van der Waals surface area contributed by atoms with E-state index < -0.39 is 10.0 Å². The maximum atomic E-state index is 12.5. The Morgan fingerprint density at radius 3 is 2.86 bits per heavy atom. The van der Waals surface area contributed by atoms with Crippen molar-refractivity contribution in [1.29, 1.82) is 0 Å². The lowest BCUT2D eigenvalue weighted by Gasteiger charge is -2.32.